The third kappa shape index (κ3) is 78.6. The van der Waals surface area contributed by atoms with Crippen molar-refractivity contribution in [3.8, 4) is 0 Å². The van der Waals surface area contributed by atoms with E-state index < -0.39 is 127 Å². The van der Waals surface area contributed by atoms with Gasteiger partial charge in [-0.2, -0.15) is 0 Å². The molecule has 1 aliphatic rings. The van der Waals surface area contributed by atoms with Crippen molar-refractivity contribution in [2.75, 3.05) is 39.6 Å². The van der Waals surface area contributed by atoms with Gasteiger partial charge in [0, 0.05) is 25.7 Å². The molecule has 7 N–H and O–H groups in total. The average molecular weight is 1830 g/mol. The fraction of sp³-hybridized carbons (Fsp3) is 0.841. The zero-order chi connectivity index (χ0) is 84.7. The topological polar surface area (TPSA) is 364 Å². The number of allylic oxidation sites excluding steroid dienone is 10. The van der Waals surface area contributed by atoms with E-state index in [0.29, 0.717) is 32.1 Å². The van der Waals surface area contributed by atoms with Crippen LogP contribution in [0.15, 0.2) is 60.8 Å². The summed E-state index contributed by atoms with van der Waals surface area (Å²) in [5.74, 6) is -2.16. The second-order valence-electron chi connectivity index (χ2n) is 30.2. The van der Waals surface area contributed by atoms with Crippen molar-refractivity contribution in [3.63, 3.8) is 0 Å². The molecule has 0 radical (unpaired) electrons. The SMILES string of the molecule is C.CCCCC/C=C\C/C=C\C/C=C\C/C=C\CCCC(=O)OC(COC(=O)CCCCCCCCCCCCCCCCC)COP(=O)([O-])OC1C(O)C(O)C(O)C(O)C1O.CCCCCCCC/C=C/CCCCCCCC(=O)OC(COC(=O)CCCCCCCCCCCCCCC)COP(=O)([O-])OCC(O)CO.PI.[Na+]. The predicted octanol–water partition coefficient (Wildman–Crippen LogP) is 17.2. The molecule has 0 aromatic rings. The number of carbonyl (C=O) groups is 4. The molecule has 1 rings (SSSR count). The van der Waals surface area contributed by atoms with Gasteiger partial charge in [0.05, 0.1) is 26.4 Å². The first-order chi connectivity index (χ1) is 55.2. The first-order valence-corrected chi connectivity index (χ1v) is 51.4. The van der Waals surface area contributed by atoms with Crippen LogP contribution in [0, 0.1) is 0 Å². The molecule has 1 aliphatic carbocycles. The van der Waals surface area contributed by atoms with E-state index in [2.05, 4.69) is 110 Å². The van der Waals surface area contributed by atoms with Gasteiger partial charge in [-0.25, -0.2) is 0 Å². The van der Waals surface area contributed by atoms with Crippen molar-refractivity contribution >= 4 is 68.4 Å². The summed E-state index contributed by atoms with van der Waals surface area (Å²) in [6.07, 6.45) is 62.7. The second-order valence-corrected chi connectivity index (χ2v) is 33.0. The Labute approximate surface area is 740 Å². The van der Waals surface area contributed by atoms with Gasteiger partial charge in [0.25, 0.3) is 15.6 Å². The Morgan fingerprint density at radius 2 is 0.595 bits per heavy atom. The Kier molecular flexibility index (Phi) is 92.3. The number of aliphatic hydroxyl groups excluding tert-OH is 7. The Morgan fingerprint density at radius 3 is 0.931 bits per heavy atom. The van der Waals surface area contributed by atoms with Gasteiger partial charge in [0.2, 0.25) is 0 Å². The van der Waals surface area contributed by atoms with Crippen molar-refractivity contribution in [3.05, 3.63) is 60.8 Å². The van der Waals surface area contributed by atoms with E-state index in [1.54, 1.807) is 0 Å². The molecule has 0 aliphatic heterocycles. The number of carbonyl (C=O) groups excluding carboxylic acids is 4. The van der Waals surface area contributed by atoms with Crippen LogP contribution in [-0.4, -0.2) is 154 Å². The summed E-state index contributed by atoms with van der Waals surface area (Å²) in [5.41, 5.74) is 0. The summed E-state index contributed by atoms with van der Waals surface area (Å²) in [4.78, 5) is 75.0. The third-order valence-corrected chi connectivity index (χ3v) is 21.5. The second kappa shape index (κ2) is 88.5. The summed E-state index contributed by atoms with van der Waals surface area (Å²) < 4.78 is 65.3. The van der Waals surface area contributed by atoms with Gasteiger partial charge in [-0.1, -0.05) is 356 Å². The van der Waals surface area contributed by atoms with Crippen molar-refractivity contribution in [1.82, 2.24) is 0 Å². The first-order valence-electron chi connectivity index (χ1n) is 44.3. The first kappa shape index (κ1) is 121. The zero-order valence-corrected chi connectivity index (χ0v) is 79.0. The number of halogens is 1. The van der Waals surface area contributed by atoms with Crippen molar-refractivity contribution < 1.29 is 140 Å². The maximum atomic E-state index is 12.7. The van der Waals surface area contributed by atoms with Crippen LogP contribution in [0.3, 0.4) is 0 Å². The van der Waals surface area contributed by atoms with E-state index in [1.165, 1.54) is 186 Å². The quantitative estimate of drug-likeness (QED) is 0.00565. The Hall–Kier alpha value is -1.32. The molecule has 0 heterocycles. The van der Waals surface area contributed by atoms with Crippen LogP contribution in [-0.2, 0) is 65.4 Å². The molecule has 678 valence electrons. The monoisotopic (exact) mass is 1830 g/mol. The van der Waals surface area contributed by atoms with Gasteiger partial charge < -0.3 is 82.6 Å². The van der Waals surface area contributed by atoms with E-state index in [1.807, 2.05) is 12.2 Å². The van der Waals surface area contributed by atoms with E-state index in [4.69, 9.17) is 37.6 Å². The number of esters is 4. The number of phosphoric acid groups is 2. The van der Waals surface area contributed by atoms with Gasteiger partial charge in [-0.3, -0.25) is 28.3 Å². The summed E-state index contributed by atoms with van der Waals surface area (Å²) in [6.45, 7) is 7.71. The zero-order valence-electron chi connectivity index (χ0n) is 71.9. The van der Waals surface area contributed by atoms with Crippen molar-refractivity contribution in [2.45, 2.75) is 437 Å². The third-order valence-electron chi connectivity index (χ3n) is 19.6. The molecule has 0 amide bonds. The molecule has 10 unspecified atom stereocenters. The minimum atomic E-state index is -5.38. The normalized spacial score (nSPS) is 18.0. The van der Waals surface area contributed by atoms with Crippen molar-refractivity contribution in [1.29, 1.82) is 0 Å². The fourth-order valence-corrected chi connectivity index (χ4v) is 14.3. The summed E-state index contributed by atoms with van der Waals surface area (Å²) in [6, 6.07) is 0. The van der Waals surface area contributed by atoms with Crippen LogP contribution >= 0.6 is 44.6 Å². The van der Waals surface area contributed by atoms with Gasteiger partial charge >= 0.3 is 53.4 Å². The number of ether oxygens (including phenoxy) is 4. The molecule has 10 atom stereocenters. The minimum Gasteiger partial charge on any atom is -0.756 e. The van der Waals surface area contributed by atoms with Crippen LogP contribution in [0.2, 0.25) is 0 Å². The number of rotatable bonds is 77. The maximum Gasteiger partial charge on any atom is 1.00 e. The molecule has 1 fully saturated rings. The molecular weight excluding hydrogens is 1670 g/mol. The Bertz CT molecular complexity index is 2470. The number of hydrogen-bond acceptors (Lipinski definition) is 23. The fourth-order valence-electron chi connectivity index (χ4n) is 12.5. The van der Waals surface area contributed by atoms with E-state index >= 15 is 0 Å². The summed E-state index contributed by atoms with van der Waals surface area (Å²) in [5, 5.41) is 68.3. The molecule has 0 aromatic heterocycles. The van der Waals surface area contributed by atoms with E-state index in [9.17, 15) is 68.7 Å². The standard InChI is InChI=1S/C47H83O13P.C40H77O10P.CH4.H2IP.Na/c1-3-5-7-9-11-13-15-17-19-20-22-24-26-28-30-32-34-36-41(49)59-39(38-58-61(55,56)60-47-45(53)43(51)42(50)44(52)46(47)54)37-57-40(48)35-33-31-29-27-25-23-21-18-16-14-12-10-8-6-4-2;1-3-5-7-9-11-13-15-17-18-20-22-24-26-28-30-32-40(44)50-38(36-49-51(45,46)48-34-37(42)33-41)35-47-39(43)31-29-27-25-23-21-19-16-14-12-10-8-6-4-2;;1-2;/h11,13,17,19,22,24,28,30,39,42-47,50-54H,3-10,12,14-16,18,20-21,23,25-27,29,31-38H2,1-2H3,(H,55,56);17-18,37-38,41-42H,3-16,19-36H2,1-2H3,(H,45,46);1H4;2H2;/q;;;;+1/p-2/b13-11-,19-17-,24-22-,30-28-;18-17+;;;. The van der Waals surface area contributed by atoms with E-state index in [0.717, 1.165) is 103 Å². The van der Waals surface area contributed by atoms with Gasteiger partial charge in [-0.05, 0) is 89.9 Å². The van der Waals surface area contributed by atoms with Crippen LogP contribution < -0.4 is 39.3 Å². The number of aliphatic hydroxyl groups is 7. The molecule has 0 spiro atoms. The molecule has 116 heavy (non-hydrogen) atoms. The van der Waals surface area contributed by atoms with Crippen molar-refractivity contribution in [2.24, 2.45) is 0 Å². The van der Waals surface area contributed by atoms with Crippen LogP contribution in [0.4, 0.5) is 0 Å². The Balaban J connectivity index is -0.00000106. The largest absolute Gasteiger partial charge is 1.00 e. The molecule has 0 aromatic carbocycles. The molecule has 0 bridgehead atoms. The van der Waals surface area contributed by atoms with Crippen LogP contribution in [0.1, 0.15) is 382 Å². The number of unbranched alkanes of at least 4 members (excludes halogenated alkanes) is 41. The average Bonchev–Trinajstić information content (AvgIpc) is 0.790. The smallest absolute Gasteiger partial charge is 0.756 e. The molecule has 0 saturated heterocycles. The van der Waals surface area contributed by atoms with Crippen LogP contribution in [0.5, 0.6) is 0 Å². The Morgan fingerprint density at radius 1 is 0.353 bits per heavy atom. The summed E-state index contributed by atoms with van der Waals surface area (Å²) >= 11 is 2.07. The van der Waals surface area contributed by atoms with Gasteiger partial charge in [0.15, 0.2) is 12.2 Å². The number of phosphoric ester groups is 2. The molecule has 28 heteroatoms. The summed E-state index contributed by atoms with van der Waals surface area (Å²) in [7, 11) is -10.2. The number of hydrogen-bond donors (Lipinski definition) is 7. The molecule has 1 saturated carbocycles. The van der Waals surface area contributed by atoms with E-state index in [-0.39, 0.29) is 69.3 Å². The van der Waals surface area contributed by atoms with Gasteiger partial charge in [-0.15, -0.1) is 0 Å². The predicted molar refractivity (Wildman–Crippen MR) is 471 cm³/mol. The van der Waals surface area contributed by atoms with Crippen LogP contribution in [0.25, 0.3) is 0 Å². The van der Waals surface area contributed by atoms with Gasteiger partial charge in [0.1, 0.15) is 55.9 Å². The minimum absolute atomic E-state index is 0. The molecular formula is C88H164INaO23P3-. The molecule has 23 nitrogen and oxygen atoms in total. The maximum absolute atomic E-state index is 12.7.